The van der Waals surface area contributed by atoms with E-state index in [1.165, 1.54) is 0 Å². The van der Waals surface area contributed by atoms with Gasteiger partial charge in [0.1, 0.15) is 5.60 Å². The van der Waals surface area contributed by atoms with Crippen LogP contribution in [0.3, 0.4) is 0 Å². The molecule has 74 valence electrons. The molecule has 3 heteroatoms. The molecule has 0 aromatic carbocycles. The normalized spacial score (nSPS) is 41.8. The monoisotopic (exact) mass is 183 g/mol. The predicted octanol–water partition coefficient (Wildman–Crippen LogP) is 1.21. The lowest BCUT2D eigenvalue weighted by atomic mass is 9.40. The van der Waals surface area contributed by atoms with Crippen LogP contribution < -0.4 is 5.73 Å². The van der Waals surface area contributed by atoms with Gasteiger partial charge >= 0.3 is 5.97 Å². The smallest absolute Gasteiger partial charge is 0.312 e. The Labute approximate surface area is 78.6 Å². The second-order valence-electron chi connectivity index (χ2n) is 5.67. The summed E-state index contributed by atoms with van der Waals surface area (Å²) in [6, 6.07) is 0. The Morgan fingerprint density at radius 2 is 1.77 bits per heavy atom. The SMILES string of the molecule is CC(C)(C)OC(=O)C12CC(N)(C1)C2. The zero-order valence-electron chi connectivity index (χ0n) is 8.52. The second kappa shape index (κ2) is 2.08. The summed E-state index contributed by atoms with van der Waals surface area (Å²) in [6.07, 6.45) is 2.48. The molecular formula is C10H17NO2. The summed E-state index contributed by atoms with van der Waals surface area (Å²) in [5.41, 5.74) is 5.29. The van der Waals surface area contributed by atoms with E-state index in [4.69, 9.17) is 10.5 Å². The van der Waals surface area contributed by atoms with E-state index in [1.807, 2.05) is 20.8 Å². The van der Waals surface area contributed by atoms with E-state index in [1.54, 1.807) is 0 Å². The van der Waals surface area contributed by atoms with Crippen LogP contribution in [0.5, 0.6) is 0 Å². The van der Waals surface area contributed by atoms with Crippen molar-refractivity contribution in [1.82, 2.24) is 0 Å². The summed E-state index contributed by atoms with van der Waals surface area (Å²) >= 11 is 0. The number of esters is 1. The summed E-state index contributed by atoms with van der Waals surface area (Å²) in [5.74, 6) is -0.0488. The topological polar surface area (TPSA) is 52.3 Å². The lowest BCUT2D eigenvalue weighted by Gasteiger charge is -2.66. The highest BCUT2D eigenvalue weighted by Crippen LogP contribution is 2.66. The largest absolute Gasteiger partial charge is 0.460 e. The van der Waals surface area contributed by atoms with Crippen molar-refractivity contribution in [2.45, 2.75) is 51.2 Å². The van der Waals surface area contributed by atoms with Crippen molar-refractivity contribution in [3.05, 3.63) is 0 Å². The number of nitrogens with two attached hydrogens (primary N) is 1. The quantitative estimate of drug-likeness (QED) is 0.622. The lowest BCUT2D eigenvalue weighted by Crippen LogP contribution is -2.75. The molecule has 3 fully saturated rings. The van der Waals surface area contributed by atoms with Gasteiger partial charge in [0.15, 0.2) is 0 Å². The van der Waals surface area contributed by atoms with Crippen LogP contribution in [0.15, 0.2) is 0 Å². The third kappa shape index (κ3) is 1.26. The highest BCUT2D eigenvalue weighted by molar-refractivity contribution is 5.82. The molecular weight excluding hydrogens is 166 g/mol. The molecule has 3 aliphatic carbocycles. The third-order valence-corrected chi connectivity index (χ3v) is 2.90. The minimum absolute atomic E-state index is 0.0170. The first-order valence-electron chi connectivity index (χ1n) is 4.77. The van der Waals surface area contributed by atoms with Crippen LogP contribution in [-0.4, -0.2) is 17.1 Å². The summed E-state index contributed by atoms with van der Waals surface area (Å²) in [4.78, 5) is 11.7. The third-order valence-electron chi connectivity index (χ3n) is 2.90. The standard InChI is InChI=1S/C10H17NO2/c1-8(2,3)13-7(12)9-4-10(11,5-9)6-9/h4-6,11H2,1-3H3. The van der Waals surface area contributed by atoms with Crippen LogP contribution in [0.25, 0.3) is 0 Å². The van der Waals surface area contributed by atoms with Gasteiger partial charge in [0.2, 0.25) is 0 Å². The zero-order chi connectivity index (χ0) is 9.91. The summed E-state index contributed by atoms with van der Waals surface area (Å²) in [5, 5.41) is 0. The van der Waals surface area contributed by atoms with Gasteiger partial charge in [0, 0.05) is 5.54 Å². The van der Waals surface area contributed by atoms with Gasteiger partial charge in [-0.05, 0) is 40.0 Å². The molecule has 2 N–H and O–H groups in total. The minimum atomic E-state index is -0.367. The van der Waals surface area contributed by atoms with Crippen molar-refractivity contribution in [3.63, 3.8) is 0 Å². The zero-order valence-corrected chi connectivity index (χ0v) is 8.52. The maximum absolute atomic E-state index is 11.7. The first kappa shape index (κ1) is 9.00. The number of ether oxygens (including phenoxy) is 1. The first-order valence-corrected chi connectivity index (χ1v) is 4.77. The number of carbonyl (C=O) groups is 1. The van der Waals surface area contributed by atoms with Crippen LogP contribution in [0.4, 0.5) is 0 Å². The molecule has 3 saturated carbocycles. The molecule has 3 aliphatic rings. The van der Waals surface area contributed by atoms with Crippen LogP contribution in [0, 0.1) is 5.41 Å². The van der Waals surface area contributed by atoms with Crippen molar-refractivity contribution < 1.29 is 9.53 Å². The molecule has 13 heavy (non-hydrogen) atoms. The summed E-state index contributed by atoms with van der Waals surface area (Å²) < 4.78 is 5.33. The molecule has 0 saturated heterocycles. The van der Waals surface area contributed by atoms with E-state index < -0.39 is 0 Å². The number of rotatable bonds is 1. The molecule has 0 amide bonds. The Kier molecular flexibility index (Phi) is 1.44. The van der Waals surface area contributed by atoms with Gasteiger partial charge in [-0.1, -0.05) is 0 Å². The van der Waals surface area contributed by atoms with Crippen LogP contribution in [-0.2, 0) is 9.53 Å². The molecule has 3 rings (SSSR count). The van der Waals surface area contributed by atoms with Crippen molar-refractivity contribution >= 4 is 5.97 Å². The molecule has 0 aliphatic heterocycles. The minimum Gasteiger partial charge on any atom is -0.460 e. The van der Waals surface area contributed by atoms with Crippen LogP contribution in [0.2, 0.25) is 0 Å². The molecule has 3 nitrogen and oxygen atoms in total. The number of carbonyl (C=O) groups excluding carboxylic acids is 1. The first-order chi connectivity index (χ1) is 5.75. The fourth-order valence-corrected chi connectivity index (χ4v) is 2.47. The maximum Gasteiger partial charge on any atom is 0.312 e. The average Bonchev–Trinajstić information content (AvgIpc) is 1.73. The molecule has 0 aromatic rings. The molecule has 0 atom stereocenters. The van der Waals surface area contributed by atoms with E-state index in [0.717, 1.165) is 19.3 Å². The molecule has 0 radical (unpaired) electrons. The molecule has 0 aromatic heterocycles. The van der Waals surface area contributed by atoms with E-state index >= 15 is 0 Å². The van der Waals surface area contributed by atoms with Crippen LogP contribution in [0.1, 0.15) is 40.0 Å². The van der Waals surface area contributed by atoms with Gasteiger partial charge in [0.05, 0.1) is 5.41 Å². The Hall–Kier alpha value is -0.570. The van der Waals surface area contributed by atoms with Crippen molar-refractivity contribution in [3.8, 4) is 0 Å². The highest BCUT2D eigenvalue weighted by Gasteiger charge is 2.71. The highest BCUT2D eigenvalue weighted by atomic mass is 16.6. The van der Waals surface area contributed by atoms with E-state index in [-0.39, 0.29) is 22.5 Å². The Balaban J connectivity index is 1.94. The number of hydrogen-bond acceptors (Lipinski definition) is 3. The maximum atomic E-state index is 11.7. The summed E-state index contributed by atoms with van der Waals surface area (Å²) in [7, 11) is 0. The van der Waals surface area contributed by atoms with Crippen molar-refractivity contribution in [1.29, 1.82) is 0 Å². The number of hydrogen-bond donors (Lipinski definition) is 1. The van der Waals surface area contributed by atoms with Crippen molar-refractivity contribution in [2.75, 3.05) is 0 Å². The van der Waals surface area contributed by atoms with E-state index in [9.17, 15) is 4.79 Å². The van der Waals surface area contributed by atoms with Gasteiger partial charge < -0.3 is 10.5 Å². The van der Waals surface area contributed by atoms with Gasteiger partial charge in [0.25, 0.3) is 0 Å². The van der Waals surface area contributed by atoms with Gasteiger partial charge in [-0.25, -0.2) is 0 Å². The Morgan fingerprint density at radius 3 is 2.08 bits per heavy atom. The summed E-state index contributed by atoms with van der Waals surface area (Å²) in [6.45, 7) is 5.69. The Morgan fingerprint density at radius 1 is 1.31 bits per heavy atom. The lowest BCUT2D eigenvalue weighted by molar-refractivity contribution is -0.207. The van der Waals surface area contributed by atoms with Gasteiger partial charge in [-0.2, -0.15) is 0 Å². The average molecular weight is 183 g/mol. The van der Waals surface area contributed by atoms with E-state index in [2.05, 4.69) is 0 Å². The van der Waals surface area contributed by atoms with Gasteiger partial charge in [-0.15, -0.1) is 0 Å². The predicted molar refractivity (Wildman–Crippen MR) is 49.0 cm³/mol. The van der Waals surface area contributed by atoms with Crippen LogP contribution >= 0.6 is 0 Å². The van der Waals surface area contributed by atoms with E-state index in [0.29, 0.717) is 0 Å². The Bertz CT molecular complexity index is 245. The molecule has 0 heterocycles. The fraction of sp³-hybridized carbons (Fsp3) is 0.900. The molecule has 0 unspecified atom stereocenters. The van der Waals surface area contributed by atoms with Gasteiger partial charge in [-0.3, -0.25) is 4.79 Å². The molecule has 0 spiro atoms. The fourth-order valence-electron chi connectivity index (χ4n) is 2.47. The second-order valence-corrected chi connectivity index (χ2v) is 5.67. The molecule has 2 bridgehead atoms. The van der Waals surface area contributed by atoms with Crippen molar-refractivity contribution in [2.24, 2.45) is 11.1 Å².